The van der Waals surface area contributed by atoms with Crippen LogP contribution in [0.3, 0.4) is 0 Å². The van der Waals surface area contributed by atoms with Crippen molar-refractivity contribution < 1.29 is 18.3 Å². The zero-order valence-electron chi connectivity index (χ0n) is 17.2. The van der Waals surface area contributed by atoms with Crippen LogP contribution < -0.4 is 15.4 Å². The first-order valence-electron chi connectivity index (χ1n) is 9.15. The van der Waals surface area contributed by atoms with Crippen LogP contribution in [-0.2, 0) is 17.9 Å². The minimum Gasteiger partial charge on any atom is -0.434 e. The van der Waals surface area contributed by atoms with Crippen molar-refractivity contribution in [2.45, 2.75) is 26.6 Å². The third-order valence-electron chi connectivity index (χ3n) is 4.05. The van der Waals surface area contributed by atoms with Crippen molar-refractivity contribution in [1.82, 2.24) is 15.5 Å². The van der Waals surface area contributed by atoms with Crippen LogP contribution in [0.1, 0.15) is 16.7 Å². The maximum Gasteiger partial charge on any atom is 0.387 e. The van der Waals surface area contributed by atoms with Gasteiger partial charge >= 0.3 is 6.61 Å². The zero-order chi connectivity index (χ0) is 21.2. The molecule has 0 atom stereocenters. The lowest BCUT2D eigenvalue weighted by molar-refractivity contribution is -0.127. The Kier molecular flexibility index (Phi) is 11.1. The second-order valence-electron chi connectivity index (χ2n) is 6.64. The number of carbonyl (C=O) groups excluding carboxylic acids is 1. The maximum absolute atomic E-state index is 12.7. The van der Waals surface area contributed by atoms with E-state index >= 15 is 0 Å². The molecular formula is C21H27F2IN4O2. The monoisotopic (exact) mass is 532 g/mol. The molecule has 0 heterocycles. The molecule has 0 saturated heterocycles. The molecule has 0 spiro atoms. The molecular weight excluding hydrogens is 505 g/mol. The van der Waals surface area contributed by atoms with Crippen molar-refractivity contribution in [3.63, 3.8) is 0 Å². The van der Waals surface area contributed by atoms with Crippen molar-refractivity contribution >= 4 is 35.8 Å². The number of carbonyl (C=O) groups is 1. The first-order valence-corrected chi connectivity index (χ1v) is 9.15. The van der Waals surface area contributed by atoms with E-state index in [1.807, 2.05) is 37.3 Å². The number of aliphatic imine (C=N–C) groups is 1. The van der Waals surface area contributed by atoms with Crippen molar-refractivity contribution in [2.24, 2.45) is 4.99 Å². The number of nitrogens with zero attached hydrogens (tertiary/aromatic N) is 2. The summed E-state index contributed by atoms with van der Waals surface area (Å²) in [5.74, 6) is 0.384. The van der Waals surface area contributed by atoms with E-state index in [9.17, 15) is 13.6 Å². The van der Waals surface area contributed by atoms with Crippen molar-refractivity contribution in [1.29, 1.82) is 0 Å². The molecule has 0 aliphatic rings. The second kappa shape index (κ2) is 13.0. The molecule has 0 aliphatic heterocycles. The number of likely N-dealkylation sites (N-methyl/N-ethyl adjacent to an activating group) is 1. The molecule has 2 rings (SSSR count). The van der Waals surface area contributed by atoms with Crippen LogP contribution in [0, 0.1) is 6.92 Å². The summed E-state index contributed by atoms with van der Waals surface area (Å²) in [5.41, 5.74) is 2.49. The summed E-state index contributed by atoms with van der Waals surface area (Å²) in [4.78, 5) is 17.9. The van der Waals surface area contributed by atoms with E-state index in [1.54, 1.807) is 26.2 Å². The molecule has 1 amide bonds. The predicted octanol–water partition coefficient (Wildman–Crippen LogP) is 3.54. The molecule has 30 heavy (non-hydrogen) atoms. The Morgan fingerprint density at radius 1 is 1.13 bits per heavy atom. The lowest BCUT2D eigenvalue weighted by atomic mass is 10.1. The minimum atomic E-state index is -2.90. The quantitative estimate of drug-likeness (QED) is 0.310. The first kappa shape index (κ1) is 25.6. The number of nitrogens with one attached hydrogen (secondary N) is 2. The fraction of sp³-hybridized carbons (Fsp3) is 0.333. The summed E-state index contributed by atoms with van der Waals surface area (Å²) in [7, 11) is 3.33. The van der Waals surface area contributed by atoms with Gasteiger partial charge in [-0.1, -0.05) is 48.0 Å². The van der Waals surface area contributed by atoms with E-state index in [2.05, 4.69) is 20.4 Å². The van der Waals surface area contributed by atoms with Gasteiger partial charge in [-0.3, -0.25) is 4.79 Å². The van der Waals surface area contributed by atoms with Crippen LogP contribution >= 0.6 is 24.0 Å². The van der Waals surface area contributed by atoms with E-state index in [0.717, 1.165) is 11.1 Å². The number of alkyl halides is 2. The normalized spacial score (nSPS) is 10.9. The molecule has 2 aromatic carbocycles. The van der Waals surface area contributed by atoms with Crippen molar-refractivity contribution in [3.05, 3.63) is 65.2 Å². The van der Waals surface area contributed by atoms with Gasteiger partial charge in [0.2, 0.25) is 5.91 Å². The first-order chi connectivity index (χ1) is 13.8. The van der Waals surface area contributed by atoms with Crippen molar-refractivity contribution in [3.8, 4) is 5.75 Å². The highest BCUT2D eigenvalue weighted by molar-refractivity contribution is 14.0. The van der Waals surface area contributed by atoms with E-state index in [1.165, 1.54) is 11.0 Å². The van der Waals surface area contributed by atoms with Gasteiger partial charge < -0.3 is 20.3 Å². The number of guanidine groups is 1. The van der Waals surface area contributed by atoms with Gasteiger partial charge in [-0.05, 0) is 18.6 Å². The molecule has 0 fully saturated rings. The fourth-order valence-electron chi connectivity index (χ4n) is 2.48. The molecule has 2 N–H and O–H groups in total. The lowest BCUT2D eigenvalue weighted by Gasteiger charge is -2.17. The van der Waals surface area contributed by atoms with Crippen molar-refractivity contribution in [2.75, 3.05) is 20.6 Å². The van der Waals surface area contributed by atoms with Crippen LogP contribution in [0.25, 0.3) is 0 Å². The SMILES string of the molecule is Cc1ccc(OC(F)F)c(CNC(=NCc2ccccc2)NCC(=O)N(C)C)c1.I. The molecule has 0 aromatic heterocycles. The number of ether oxygens (including phenoxy) is 1. The van der Waals surface area contributed by atoms with E-state index in [4.69, 9.17) is 0 Å². The summed E-state index contributed by atoms with van der Waals surface area (Å²) in [6.45, 7) is -0.366. The van der Waals surface area contributed by atoms with E-state index in [-0.39, 0.29) is 48.7 Å². The highest BCUT2D eigenvalue weighted by Gasteiger charge is 2.11. The van der Waals surface area contributed by atoms with Crippen LogP contribution in [-0.4, -0.2) is 44.0 Å². The van der Waals surface area contributed by atoms with Crippen LogP contribution in [0.4, 0.5) is 8.78 Å². The largest absolute Gasteiger partial charge is 0.434 e. The Morgan fingerprint density at radius 2 is 1.83 bits per heavy atom. The number of amides is 1. The smallest absolute Gasteiger partial charge is 0.387 e. The van der Waals surface area contributed by atoms with Crippen LogP contribution in [0.2, 0.25) is 0 Å². The summed E-state index contributed by atoms with van der Waals surface area (Å²) < 4.78 is 29.9. The molecule has 0 unspecified atom stereocenters. The third kappa shape index (κ3) is 8.93. The molecule has 164 valence electrons. The van der Waals surface area contributed by atoms with Crippen LogP contribution in [0.5, 0.6) is 5.75 Å². The summed E-state index contributed by atoms with van der Waals surface area (Å²) >= 11 is 0. The highest BCUT2D eigenvalue weighted by Crippen LogP contribution is 2.22. The number of hydrogen-bond donors (Lipinski definition) is 2. The molecule has 2 aromatic rings. The summed E-state index contributed by atoms with van der Waals surface area (Å²) in [5, 5.41) is 6.06. The molecule has 6 nitrogen and oxygen atoms in total. The fourth-order valence-corrected chi connectivity index (χ4v) is 2.48. The average molecular weight is 532 g/mol. The number of benzene rings is 2. The summed E-state index contributed by atoms with van der Waals surface area (Å²) in [6, 6.07) is 14.6. The highest BCUT2D eigenvalue weighted by atomic mass is 127. The third-order valence-corrected chi connectivity index (χ3v) is 4.05. The minimum absolute atomic E-state index is 0. The topological polar surface area (TPSA) is 66.0 Å². The Labute approximate surface area is 192 Å². The average Bonchev–Trinajstić information content (AvgIpc) is 2.69. The van der Waals surface area contributed by atoms with Gasteiger partial charge in [-0.2, -0.15) is 8.78 Å². The molecule has 9 heteroatoms. The number of aryl methyl sites for hydroxylation is 1. The number of halogens is 3. The number of rotatable bonds is 8. The predicted molar refractivity (Wildman–Crippen MR) is 124 cm³/mol. The summed E-state index contributed by atoms with van der Waals surface area (Å²) in [6.07, 6.45) is 0. The van der Waals surface area contributed by atoms with Gasteiger partial charge in [0.15, 0.2) is 5.96 Å². The molecule has 0 aliphatic carbocycles. The van der Waals surface area contributed by atoms with E-state index < -0.39 is 6.61 Å². The zero-order valence-corrected chi connectivity index (χ0v) is 19.5. The van der Waals surface area contributed by atoms with Gasteiger partial charge in [0.05, 0.1) is 13.1 Å². The van der Waals surface area contributed by atoms with Crippen LogP contribution in [0.15, 0.2) is 53.5 Å². The Hall–Kier alpha value is -2.43. The van der Waals surface area contributed by atoms with E-state index in [0.29, 0.717) is 18.1 Å². The Morgan fingerprint density at radius 3 is 2.47 bits per heavy atom. The molecule has 0 radical (unpaired) electrons. The Balaban J connectivity index is 0.00000450. The number of hydrogen-bond acceptors (Lipinski definition) is 3. The molecule has 0 bridgehead atoms. The lowest BCUT2D eigenvalue weighted by Crippen LogP contribution is -2.42. The standard InChI is InChI=1S/C21H26F2N4O2.HI/c1-15-9-10-18(29-20(22)23)17(11-15)13-25-21(26-14-19(28)27(2)3)24-12-16-7-5-4-6-8-16;/h4-11,20H,12-14H2,1-3H3,(H2,24,25,26);1H. The van der Waals surface area contributed by atoms with Gasteiger partial charge in [0.1, 0.15) is 5.75 Å². The Bertz CT molecular complexity index is 833. The molecule has 0 saturated carbocycles. The maximum atomic E-state index is 12.7. The van der Waals surface area contributed by atoms with Gasteiger partial charge in [0.25, 0.3) is 0 Å². The van der Waals surface area contributed by atoms with Gasteiger partial charge in [0, 0.05) is 26.2 Å². The second-order valence-corrected chi connectivity index (χ2v) is 6.64. The van der Waals surface area contributed by atoms with Gasteiger partial charge in [-0.25, -0.2) is 4.99 Å². The van der Waals surface area contributed by atoms with Gasteiger partial charge in [-0.15, -0.1) is 24.0 Å².